The van der Waals surface area contributed by atoms with Gasteiger partial charge in [0.2, 0.25) is 0 Å². The fourth-order valence-corrected chi connectivity index (χ4v) is 2.96. The van der Waals surface area contributed by atoms with Crippen LogP contribution in [0, 0.1) is 0 Å². The maximum Gasteiger partial charge on any atom is 0.195 e. The number of hydrogen-bond donors (Lipinski definition) is 1. The van der Waals surface area contributed by atoms with Gasteiger partial charge in [-0.3, -0.25) is 4.79 Å². The topological polar surface area (TPSA) is 54.9 Å². The molecule has 5 heteroatoms. The highest BCUT2D eigenvalue weighted by molar-refractivity contribution is 6.31. The van der Waals surface area contributed by atoms with E-state index < -0.39 is 0 Å². The van der Waals surface area contributed by atoms with E-state index in [9.17, 15) is 4.79 Å². The van der Waals surface area contributed by atoms with Crippen molar-refractivity contribution >= 4 is 39.8 Å². The summed E-state index contributed by atoms with van der Waals surface area (Å²) in [5.41, 5.74) is 2.57. The molecule has 0 aliphatic carbocycles. The molecule has 0 aliphatic heterocycles. The molecule has 126 valence electrons. The maximum absolute atomic E-state index is 12.9. The van der Waals surface area contributed by atoms with Crippen LogP contribution in [0.5, 0.6) is 0 Å². The van der Waals surface area contributed by atoms with Crippen LogP contribution < -0.4 is 5.32 Å². The average molecular weight is 360 g/mol. The number of nitrogens with zero attached hydrogens (tertiary/aromatic N) is 2. The number of carbonyl (C=O) groups excluding carboxylic acids is 1. The van der Waals surface area contributed by atoms with Crippen LogP contribution >= 0.6 is 11.6 Å². The summed E-state index contributed by atoms with van der Waals surface area (Å²) < 4.78 is 0. The molecule has 0 atom stereocenters. The second-order valence-corrected chi connectivity index (χ2v) is 6.19. The molecule has 0 spiro atoms. The minimum Gasteiger partial charge on any atom is -0.339 e. The predicted molar refractivity (Wildman–Crippen MR) is 104 cm³/mol. The van der Waals surface area contributed by atoms with Gasteiger partial charge in [0.1, 0.15) is 12.1 Å². The van der Waals surface area contributed by atoms with E-state index in [4.69, 9.17) is 11.6 Å². The molecule has 0 amide bonds. The molecule has 1 aromatic heterocycles. The Balaban J connectivity index is 1.79. The van der Waals surface area contributed by atoms with E-state index in [0.29, 0.717) is 27.7 Å². The molecule has 4 rings (SSSR count). The summed E-state index contributed by atoms with van der Waals surface area (Å²) in [4.78, 5) is 21.5. The zero-order valence-corrected chi connectivity index (χ0v) is 14.4. The van der Waals surface area contributed by atoms with Crippen molar-refractivity contribution in [3.63, 3.8) is 0 Å². The molecule has 1 heterocycles. The molecular weight excluding hydrogens is 346 g/mol. The van der Waals surface area contributed by atoms with Crippen molar-refractivity contribution in [1.82, 2.24) is 9.97 Å². The quantitative estimate of drug-likeness (QED) is 0.505. The molecule has 0 unspecified atom stereocenters. The van der Waals surface area contributed by atoms with Gasteiger partial charge in [-0.15, -0.1) is 0 Å². The van der Waals surface area contributed by atoms with Gasteiger partial charge in [0.05, 0.1) is 11.2 Å². The van der Waals surface area contributed by atoms with E-state index in [1.165, 1.54) is 6.33 Å². The van der Waals surface area contributed by atoms with Crippen LogP contribution in [0.3, 0.4) is 0 Å². The minimum absolute atomic E-state index is 0.103. The Bertz CT molecular complexity index is 1090. The van der Waals surface area contributed by atoms with E-state index in [2.05, 4.69) is 15.3 Å². The van der Waals surface area contributed by atoms with Crippen molar-refractivity contribution in [2.24, 2.45) is 0 Å². The Labute approximate surface area is 155 Å². The zero-order chi connectivity index (χ0) is 17.9. The van der Waals surface area contributed by atoms with Crippen molar-refractivity contribution in [3.05, 3.63) is 95.3 Å². The fraction of sp³-hybridized carbons (Fsp3) is 0. The highest BCUT2D eigenvalue weighted by Crippen LogP contribution is 2.28. The first-order valence-electron chi connectivity index (χ1n) is 8.08. The predicted octanol–water partition coefficient (Wildman–Crippen LogP) is 5.26. The summed E-state index contributed by atoms with van der Waals surface area (Å²) in [5.74, 6) is 0.536. The molecule has 3 aromatic carbocycles. The van der Waals surface area contributed by atoms with Gasteiger partial charge in [-0.25, -0.2) is 9.97 Å². The lowest BCUT2D eigenvalue weighted by molar-refractivity contribution is 0.103. The molecule has 4 aromatic rings. The van der Waals surface area contributed by atoms with E-state index in [1.54, 1.807) is 30.3 Å². The first-order chi connectivity index (χ1) is 12.7. The maximum atomic E-state index is 12.9. The monoisotopic (exact) mass is 359 g/mol. The van der Waals surface area contributed by atoms with Crippen LogP contribution in [0.25, 0.3) is 10.9 Å². The molecule has 4 nitrogen and oxygen atoms in total. The Kier molecular flexibility index (Phi) is 4.33. The van der Waals surface area contributed by atoms with Crippen LogP contribution in [0.1, 0.15) is 15.9 Å². The van der Waals surface area contributed by atoms with Crippen molar-refractivity contribution in [3.8, 4) is 0 Å². The molecule has 0 fully saturated rings. The zero-order valence-electron chi connectivity index (χ0n) is 13.7. The molecular formula is C21H14ClN3O. The molecule has 1 N–H and O–H groups in total. The third-order valence-corrected chi connectivity index (χ3v) is 4.29. The van der Waals surface area contributed by atoms with Gasteiger partial charge in [-0.1, -0.05) is 54.1 Å². The molecule has 26 heavy (non-hydrogen) atoms. The summed E-state index contributed by atoms with van der Waals surface area (Å²) in [6, 6.07) is 22.0. The van der Waals surface area contributed by atoms with Crippen LogP contribution in [-0.4, -0.2) is 15.8 Å². The van der Waals surface area contributed by atoms with E-state index in [1.807, 2.05) is 42.5 Å². The lowest BCUT2D eigenvalue weighted by Crippen LogP contribution is -2.06. The average Bonchev–Trinajstić information content (AvgIpc) is 2.70. The van der Waals surface area contributed by atoms with Crippen LogP contribution in [0.15, 0.2) is 79.1 Å². The smallest absolute Gasteiger partial charge is 0.195 e. The highest BCUT2D eigenvalue weighted by Gasteiger charge is 2.15. The highest BCUT2D eigenvalue weighted by atomic mass is 35.5. The second kappa shape index (κ2) is 6.94. The molecule has 0 radical (unpaired) electrons. The normalized spacial score (nSPS) is 10.7. The van der Waals surface area contributed by atoms with Crippen LogP contribution in [-0.2, 0) is 0 Å². The summed E-state index contributed by atoms with van der Waals surface area (Å²) in [6.07, 6.45) is 1.50. The number of fused-ring (bicyclic) bond motifs is 1. The minimum atomic E-state index is -0.103. The van der Waals surface area contributed by atoms with E-state index >= 15 is 0 Å². The number of halogens is 1. The Morgan fingerprint density at radius 1 is 0.885 bits per heavy atom. The standard InChI is InChI=1S/C21H14ClN3O/c22-15-10-11-19(17(12-15)20(26)14-6-2-1-3-7-14)25-21-16-8-4-5-9-18(16)23-13-24-21/h1-13H,(H,23,24,25). The van der Waals surface area contributed by atoms with Gasteiger partial charge in [0.15, 0.2) is 5.78 Å². The Morgan fingerprint density at radius 2 is 1.65 bits per heavy atom. The van der Waals surface area contributed by atoms with Crippen LogP contribution in [0.4, 0.5) is 11.5 Å². The van der Waals surface area contributed by atoms with Gasteiger partial charge < -0.3 is 5.32 Å². The summed E-state index contributed by atoms with van der Waals surface area (Å²) >= 11 is 6.14. The number of ketones is 1. The summed E-state index contributed by atoms with van der Waals surface area (Å²) in [6.45, 7) is 0. The first kappa shape index (κ1) is 16.2. The van der Waals surface area contributed by atoms with E-state index in [0.717, 1.165) is 10.9 Å². The SMILES string of the molecule is O=C(c1ccccc1)c1cc(Cl)ccc1Nc1ncnc2ccccc12. The van der Waals surface area contributed by atoms with Crippen LogP contribution in [0.2, 0.25) is 5.02 Å². The first-order valence-corrected chi connectivity index (χ1v) is 8.46. The summed E-state index contributed by atoms with van der Waals surface area (Å²) in [5, 5.41) is 4.64. The molecule has 0 aliphatic rings. The van der Waals surface area contributed by atoms with E-state index in [-0.39, 0.29) is 5.78 Å². The van der Waals surface area contributed by atoms with Crippen molar-refractivity contribution in [1.29, 1.82) is 0 Å². The van der Waals surface area contributed by atoms with Crippen molar-refractivity contribution in [2.75, 3.05) is 5.32 Å². The van der Waals surface area contributed by atoms with Gasteiger partial charge in [0.25, 0.3) is 0 Å². The van der Waals surface area contributed by atoms with Gasteiger partial charge in [-0.2, -0.15) is 0 Å². The third kappa shape index (κ3) is 3.15. The van der Waals surface area contributed by atoms with Crippen molar-refractivity contribution < 1.29 is 4.79 Å². The third-order valence-electron chi connectivity index (χ3n) is 4.06. The van der Waals surface area contributed by atoms with Crippen molar-refractivity contribution in [2.45, 2.75) is 0 Å². The number of benzene rings is 3. The largest absolute Gasteiger partial charge is 0.339 e. The Morgan fingerprint density at radius 3 is 2.50 bits per heavy atom. The molecule has 0 bridgehead atoms. The number of nitrogens with one attached hydrogen (secondary N) is 1. The number of anilines is 2. The van der Waals surface area contributed by atoms with Gasteiger partial charge >= 0.3 is 0 Å². The fourth-order valence-electron chi connectivity index (χ4n) is 2.79. The lowest BCUT2D eigenvalue weighted by Gasteiger charge is -2.13. The number of carbonyl (C=O) groups is 1. The Hall–Kier alpha value is -3.24. The van der Waals surface area contributed by atoms with Gasteiger partial charge in [-0.05, 0) is 30.3 Å². The molecule has 0 saturated carbocycles. The number of aromatic nitrogens is 2. The second-order valence-electron chi connectivity index (χ2n) is 5.75. The molecule has 0 saturated heterocycles. The number of rotatable bonds is 4. The summed E-state index contributed by atoms with van der Waals surface area (Å²) in [7, 11) is 0. The lowest BCUT2D eigenvalue weighted by atomic mass is 10.0. The van der Waals surface area contributed by atoms with Gasteiger partial charge in [0, 0.05) is 21.5 Å². The number of para-hydroxylation sites is 1. The number of hydrogen-bond acceptors (Lipinski definition) is 4.